The molecular weight excluding hydrogens is 248 g/mol. The number of aryl methyl sites for hydroxylation is 1. The van der Waals surface area contributed by atoms with Crippen molar-refractivity contribution < 1.29 is 4.79 Å². The zero-order chi connectivity index (χ0) is 14.6. The average Bonchev–Trinajstić information content (AvgIpc) is 2.48. The molecule has 0 aliphatic carbocycles. The fourth-order valence-corrected chi connectivity index (χ4v) is 2.19. The summed E-state index contributed by atoms with van der Waals surface area (Å²) in [4.78, 5) is 12.4. The van der Waals surface area contributed by atoms with E-state index in [-0.39, 0.29) is 5.91 Å². The molecule has 1 unspecified atom stereocenters. The first-order chi connectivity index (χ1) is 9.57. The molecule has 3 N–H and O–H groups in total. The molecule has 1 amide bonds. The fraction of sp³-hybridized carbons (Fsp3) is 0.235. The Bertz CT molecular complexity index is 595. The molecule has 0 aliphatic rings. The van der Waals surface area contributed by atoms with E-state index in [0.29, 0.717) is 12.1 Å². The highest BCUT2D eigenvalue weighted by atomic mass is 16.1. The lowest BCUT2D eigenvalue weighted by Crippen LogP contribution is -2.48. The van der Waals surface area contributed by atoms with E-state index in [4.69, 9.17) is 5.73 Å². The Morgan fingerprint density at radius 1 is 1.10 bits per heavy atom. The van der Waals surface area contributed by atoms with Crippen LogP contribution in [0.2, 0.25) is 0 Å². The van der Waals surface area contributed by atoms with Gasteiger partial charge < -0.3 is 11.1 Å². The summed E-state index contributed by atoms with van der Waals surface area (Å²) >= 11 is 0. The number of rotatable bonds is 4. The monoisotopic (exact) mass is 268 g/mol. The Hall–Kier alpha value is -2.13. The van der Waals surface area contributed by atoms with Crippen molar-refractivity contribution in [3.63, 3.8) is 0 Å². The predicted molar refractivity (Wildman–Crippen MR) is 81.5 cm³/mol. The highest BCUT2D eigenvalue weighted by molar-refractivity contribution is 5.96. The fourth-order valence-electron chi connectivity index (χ4n) is 2.19. The number of hydrogen-bond acceptors (Lipinski definition) is 2. The summed E-state index contributed by atoms with van der Waals surface area (Å²) < 4.78 is 0. The van der Waals surface area contributed by atoms with Crippen LogP contribution in [0.4, 0.5) is 0 Å². The molecule has 0 aromatic heterocycles. The number of carbonyl (C=O) groups excluding carboxylic acids is 1. The van der Waals surface area contributed by atoms with Crippen molar-refractivity contribution in [2.45, 2.75) is 19.4 Å². The molecule has 2 aromatic carbocycles. The minimum Gasteiger partial charge on any atom is -0.342 e. The van der Waals surface area contributed by atoms with Crippen molar-refractivity contribution >= 4 is 5.91 Å². The van der Waals surface area contributed by atoms with Gasteiger partial charge in [0.2, 0.25) is 0 Å². The van der Waals surface area contributed by atoms with Gasteiger partial charge in [0.05, 0.1) is 5.54 Å². The summed E-state index contributed by atoms with van der Waals surface area (Å²) in [7, 11) is 0. The summed E-state index contributed by atoms with van der Waals surface area (Å²) in [6.07, 6.45) is 0. The van der Waals surface area contributed by atoms with Crippen LogP contribution in [0.25, 0.3) is 0 Å². The predicted octanol–water partition coefficient (Wildman–Crippen LogP) is 2.60. The molecule has 2 aromatic rings. The summed E-state index contributed by atoms with van der Waals surface area (Å²) in [6, 6.07) is 17.3. The van der Waals surface area contributed by atoms with Gasteiger partial charge in [0, 0.05) is 12.1 Å². The molecule has 104 valence electrons. The third-order valence-corrected chi connectivity index (χ3v) is 3.60. The second kappa shape index (κ2) is 5.88. The molecule has 2 rings (SSSR count). The Balaban J connectivity index is 2.27. The highest BCUT2D eigenvalue weighted by Gasteiger charge is 2.27. The molecule has 0 heterocycles. The normalized spacial score (nSPS) is 13.6. The standard InChI is InChI=1S/C17H20N2O/c1-13-8-6-7-11-15(13)16(20)19-17(2,12-18)14-9-4-3-5-10-14/h3-11H,12,18H2,1-2H3,(H,19,20). The van der Waals surface area contributed by atoms with Gasteiger partial charge in [-0.3, -0.25) is 4.79 Å². The van der Waals surface area contributed by atoms with Crippen LogP contribution in [-0.2, 0) is 5.54 Å². The third-order valence-electron chi connectivity index (χ3n) is 3.60. The first kappa shape index (κ1) is 14.3. The smallest absolute Gasteiger partial charge is 0.252 e. The van der Waals surface area contributed by atoms with Gasteiger partial charge >= 0.3 is 0 Å². The van der Waals surface area contributed by atoms with Gasteiger partial charge in [0.1, 0.15) is 0 Å². The van der Waals surface area contributed by atoms with Crippen LogP contribution in [0.5, 0.6) is 0 Å². The molecular formula is C17H20N2O. The Morgan fingerprint density at radius 3 is 2.30 bits per heavy atom. The van der Waals surface area contributed by atoms with Gasteiger partial charge in [-0.05, 0) is 31.0 Å². The van der Waals surface area contributed by atoms with E-state index >= 15 is 0 Å². The number of hydrogen-bond donors (Lipinski definition) is 2. The lowest BCUT2D eigenvalue weighted by Gasteiger charge is -2.30. The Morgan fingerprint density at radius 2 is 1.70 bits per heavy atom. The van der Waals surface area contributed by atoms with E-state index in [2.05, 4.69) is 5.32 Å². The number of carbonyl (C=O) groups is 1. The van der Waals surface area contributed by atoms with Crippen molar-refractivity contribution in [2.24, 2.45) is 5.73 Å². The Labute approximate surface area is 119 Å². The number of amides is 1. The van der Waals surface area contributed by atoms with Gasteiger partial charge in [-0.15, -0.1) is 0 Å². The van der Waals surface area contributed by atoms with Crippen LogP contribution < -0.4 is 11.1 Å². The van der Waals surface area contributed by atoms with Gasteiger partial charge in [0.25, 0.3) is 5.91 Å². The summed E-state index contributed by atoms with van der Waals surface area (Å²) in [5, 5.41) is 3.05. The molecule has 0 bridgehead atoms. The number of nitrogens with one attached hydrogen (secondary N) is 1. The third kappa shape index (κ3) is 2.89. The molecule has 0 aliphatic heterocycles. The second-order valence-electron chi connectivity index (χ2n) is 5.17. The van der Waals surface area contributed by atoms with Crippen LogP contribution >= 0.6 is 0 Å². The molecule has 1 atom stereocenters. The van der Waals surface area contributed by atoms with Crippen molar-refractivity contribution in [1.29, 1.82) is 0 Å². The second-order valence-corrected chi connectivity index (χ2v) is 5.17. The first-order valence-electron chi connectivity index (χ1n) is 6.70. The molecule has 3 heteroatoms. The number of nitrogens with two attached hydrogens (primary N) is 1. The van der Waals surface area contributed by atoms with E-state index in [1.165, 1.54) is 0 Å². The minimum absolute atomic E-state index is 0.0973. The quantitative estimate of drug-likeness (QED) is 0.895. The van der Waals surface area contributed by atoms with Crippen molar-refractivity contribution in [3.8, 4) is 0 Å². The maximum atomic E-state index is 12.4. The number of benzene rings is 2. The molecule has 0 saturated heterocycles. The van der Waals surface area contributed by atoms with Crippen LogP contribution in [0.1, 0.15) is 28.4 Å². The van der Waals surface area contributed by atoms with E-state index < -0.39 is 5.54 Å². The van der Waals surface area contributed by atoms with Gasteiger partial charge in [-0.2, -0.15) is 0 Å². The van der Waals surface area contributed by atoms with E-state index in [0.717, 1.165) is 11.1 Å². The molecule has 0 fully saturated rings. The van der Waals surface area contributed by atoms with Crippen molar-refractivity contribution in [1.82, 2.24) is 5.32 Å². The maximum absolute atomic E-state index is 12.4. The van der Waals surface area contributed by atoms with E-state index in [9.17, 15) is 4.79 Å². The molecule has 0 spiro atoms. The van der Waals surface area contributed by atoms with Gasteiger partial charge in [-0.25, -0.2) is 0 Å². The van der Waals surface area contributed by atoms with E-state index in [1.807, 2.05) is 68.4 Å². The Kier molecular flexibility index (Phi) is 4.20. The summed E-state index contributed by atoms with van der Waals surface area (Å²) in [5.41, 5.74) is 7.96. The largest absolute Gasteiger partial charge is 0.342 e. The zero-order valence-electron chi connectivity index (χ0n) is 11.9. The topological polar surface area (TPSA) is 55.1 Å². The molecule has 3 nitrogen and oxygen atoms in total. The summed E-state index contributed by atoms with van der Waals surface area (Å²) in [6.45, 7) is 4.21. The molecule has 0 saturated carbocycles. The summed E-state index contributed by atoms with van der Waals surface area (Å²) in [5.74, 6) is -0.0973. The van der Waals surface area contributed by atoms with Crippen LogP contribution in [0.15, 0.2) is 54.6 Å². The zero-order valence-corrected chi connectivity index (χ0v) is 11.9. The van der Waals surface area contributed by atoms with E-state index in [1.54, 1.807) is 0 Å². The molecule has 0 radical (unpaired) electrons. The van der Waals surface area contributed by atoms with Crippen molar-refractivity contribution in [2.75, 3.05) is 6.54 Å². The van der Waals surface area contributed by atoms with Gasteiger partial charge in [0.15, 0.2) is 0 Å². The lowest BCUT2D eigenvalue weighted by molar-refractivity contribution is 0.0907. The van der Waals surface area contributed by atoms with Crippen LogP contribution in [0, 0.1) is 6.92 Å². The SMILES string of the molecule is Cc1ccccc1C(=O)NC(C)(CN)c1ccccc1. The minimum atomic E-state index is -0.569. The van der Waals surface area contributed by atoms with Crippen LogP contribution in [-0.4, -0.2) is 12.5 Å². The molecule has 20 heavy (non-hydrogen) atoms. The van der Waals surface area contributed by atoms with Crippen molar-refractivity contribution in [3.05, 3.63) is 71.3 Å². The first-order valence-corrected chi connectivity index (χ1v) is 6.70. The highest BCUT2D eigenvalue weighted by Crippen LogP contribution is 2.20. The van der Waals surface area contributed by atoms with Crippen LogP contribution in [0.3, 0.4) is 0 Å². The van der Waals surface area contributed by atoms with Gasteiger partial charge in [-0.1, -0.05) is 48.5 Å². The maximum Gasteiger partial charge on any atom is 0.252 e. The lowest BCUT2D eigenvalue weighted by atomic mass is 9.91. The average molecular weight is 268 g/mol.